The van der Waals surface area contributed by atoms with Crippen molar-refractivity contribution in [2.45, 2.75) is 46.2 Å². The first-order valence-corrected chi connectivity index (χ1v) is 11.0. The summed E-state index contributed by atoms with van der Waals surface area (Å²) in [6.07, 6.45) is 2.80. The van der Waals surface area contributed by atoms with Gasteiger partial charge in [-0.25, -0.2) is 9.37 Å². The Kier molecular flexibility index (Phi) is 7.30. The number of nitrogens with zero attached hydrogens (tertiary/aromatic N) is 3. The van der Waals surface area contributed by atoms with Crippen LogP contribution in [0.4, 0.5) is 4.39 Å². The molecule has 1 heterocycles. The van der Waals surface area contributed by atoms with Crippen LogP contribution in [-0.2, 0) is 13.1 Å². The Morgan fingerprint density at radius 2 is 2.00 bits per heavy atom. The van der Waals surface area contributed by atoms with Gasteiger partial charge in [-0.3, -0.25) is 4.79 Å². The van der Waals surface area contributed by atoms with Crippen molar-refractivity contribution in [2.75, 3.05) is 6.54 Å². The molecule has 0 unspecified atom stereocenters. The van der Waals surface area contributed by atoms with Crippen molar-refractivity contribution >= 4 is 44.5 Å². The standard InChI is InChI=1S/C22H24BrClFN3O/c1-3-5-11-27(22(29)15-6-8-18(25)17(23)12-15)14-21-26-19-9-7-16(24)13-20(19)28(21)10-4-2/h6-9,12-13H,3-5,10-11,14H2,1-2H3. The van der Waals surface area contributed by atoms with Gasteiger partial charge in [-0.15, -0.1) is 0 Å². The predicted octanol–water partition coefficient (Wildman–Crippen LogP) is 6.44. The lowest BCUT2D eigenvalue weighted by atomic mass is 10.2. The Morgan fingerprint density at radius 3 is 2.69 bits per heavy atom. The van der Waals surface area contributed by atoms with Crippen molar-refractivity contribution in [2.24, 2.45) is 0 Å². The maximum Gasteiger partial charge on any atom is 0.254 e. The Balaban J connectivity index is 1.96. The number of rotatable bonds is 8. The molecule has 0 fully saturated rings. The fraction of sp³-hybridized carbons (Fsp3) is 0.364. The molecule has 1 amide bonds. The third kappa shape index (κ3) is 4.98. The number of halogens is 3. The molecule has 0 N–H and O–H groups in total. The fourth-order valence-electron chi connectivity index (χ4n) is 3.32. The molecule has 0 aliphatic heterocycles. The number of hydrogen-bond donors (Lipinski definition) is 0. The Bertz CT molecular complexity index is 1020. The number of benzene rings is 2. The Hall–Kier alpha value is -1.92. The van der Waals surface area contributed by atoms with Crippen molar-refractivity contribution in [1.82, 2.24) is 14.5 Å². The molecule has 154 valence electrons. The summed E-state index contributed by atoms with van der Waals surface area (Å²) in [7, 11) is 0. The molecular weight excluding hydrogens is 457 g/mol. The summed E-state index contributed by atoms with van der Waals surface area (Å²) in [6, 6.07) is 10.0. The lowest BCUT2D eigenvalue weighted by Crippen LogP contribution is -2.32. The largest absolute Gasteiger partial charge is 0.331 e. The second kappa shape index (κ2) is 9.72. The van der Waals surface area contributed by atoms with Crippen LogP contribution < -0.4 is 0 Å². The second-order valence-corrected chi connectivity index (χ2v) is 8.31. The van der Waals surface area contributed by atoms with Crippen LogP contribution in [0.15, 0.2) is 40.9 Å². The average molecular weight is 481 g/mol. The van der Waals surface area contributed by atoms with Gasteiger partial charge in [0.1, 0.15) is 11.6 Å². The van der Waals surface area contributed by atoms with Crippen LogP contribution in [-0.4, -0.2) is 26.9 Å². The third-order valence-electron chi connectivity index (χ3n) is 4.80. The Morgan fingerprint density at radius 1 is 1.21 bits per heavy atom. The number of aromatic nitrogens is 2. The molecule has 29 heavy (non-hydrogen) atoms. The van der Waals surface area contributed by atoms with E-state index >= 15 is 0 Å². The number of imidazole rings is 1. The van der Waals surface area contributed by atoms with Gasteiger partial charge >= 0.3 is 0 Å². The van der Waals surface area contributed by atoms with Crippen molar-refractivity contribution in [1.29, 1.82) is 0 Å². The van der Waals surface area contributed by atoms with Crippen LogP contribution in [0.3, 0.4) is 0 Å². The number of amides is 1. The lowest BCUT2D eigenvalue weighted by molar-refractivity contribution is 0.0734. The minimum absolute atomic E-state index is 0.132. The molecule has 3 aromatic rings. The van der Waals surface area contributed by atoms with Crippen molar-refractivity contribution in [3.05, 3.63) is 63.1 Å². The highest BCUT2D eigenvalue weighted by molar-refractivity contribution is 9.10. The molecule has 2 aromatic carbocycles. The van der Waals surface area contributed by atoms with Gasteiger partial charge in [0.25, 0.3) is 5.91 Å². The first-order valence-electron chi connectivity index (χ1n) is 9.83. The van der Waals surface area contributed by atoms with Crippen LogP contribution >= 0.6 is 27.5 Å². The van der Waals surface area contributed by atoms with Crippen molar-refractivity contribution in [3.8, 4) is 0 Å². The van der Waals surface area contributed by atoms with Crippen LogP contribution in [0.1, 0.15) is 49.3 Å². The number of carbonyl (C=O) groups excluding carboxylic acids is 1. The minimum atomic E-state index is -0.386. The normalized spacial score (nSPS) is 11.2. The summed E-state index contributed by atoms with van der Waals surface area (Å²) < 4.78 is 16.0. The summed E-state index contributed by atoms with van der Waals surface area (Å²) in [5.41, 5.74) is 2.29. The summed E-state index contributed by atoms with van der Waals surface area (Å²) in [5, 5.41) is 0.663. The van der Waals surface area contributed by atoms with E-state index in [0.717, 1.165) is 42.7 Å². The third-order valence-corrected chi connectivity index (χ3v) is 5.65. The minimum Gasteiger partial charge on any atom is -0.331 e. The summed E-state index contributed by atoms with van der Waals surface area (Å²) in [4.78, 5) is 19.7. The highest BCUT2D eigenvalue weighted by Gasteiger charge is 2.20. The van der Waals surface area contributed by atoms with Gasteiger partial charge in [-0.2, -0.15) is 0 Å². The van der Waals surface area contributed by atoms with E-state index in [2.05, 4.69) is 34.3 Å². The smallest absolute Gasteiger partial charge is 0.254 e. The van der Waals surface area contributed by atoms with E-state index in [9.17, 15) is 9.18 Å². The zero-order valence-electron chi connectivity index (χ0n) is 16.6. The fourth-order valence-corrected chi connectivity index (χ4v) is 3.87. The zero-order valence-corrected chi connectivity index (χ0v) is 18.9. The predicted molar refractivity (Wildman–Crippen MR) is 119 cm³/mol. The molecule has 4 nitrogen and oxygen atoms in total. The maximum absolute atomic E-state index is 13.6. The van der Waals surface area contributed by atoms with Gasteiger partial charge in [-0.1, -0.05) is 31.9 Å². The molecule has 1 aromatic heterocycles. The van der Waals surface area contributed by atoms with E-state index < -0.39 is 0 Å². The van der Waals surface area contributed by atoms with Gasteiger partial charge in [0.2, 0.25) is 0 Å². The molecule has 7 heteroatoms. The average Bonchev–Trinajstić information content (AvgIpc) is 3.03. The summed E-state index contributed by atoms with van der Waals surface area (Å²) >= 11 is 9.36. The molecule has 0 saturated carbocycles. The molecule has 0 bridgehead atoms. The molecule has 0 aliphatic carbocycles. The quantitative estimate of drug-likeness (QED) is 0.372. The molecular formula is C22H24BrClFN3O. The molecule has 0 atom stereocenters. The summed E-state index contributed by atoms with van der Waals surface area (Å²) in [6.45, 7) is 5.99. The maximum atomic E-state index is 13.6. The molecule has 3 rings (SSSR count). The first-order chi connectivity index (χ1) is 13.9. The van der Waals surface area contributed by atoms with Crippen LogP contribution in [0, 0.1) is 5.82 Å². The molecule has 0 saturated heterocycles. The van der Waals surface area contributed by atoms with E-state index in [1.54, 1.807) is 4.90 Å². The van der Waals surface area contributed by atoms with Crippen LogP contribution in [0.5, 0.6) is 0 Å². The summed E-state index contributed by atoms with van der Waals surface area (Å²) in [5.74, 6) is 0.310. The SMILES string of the molecule is CCCCN(Cc1nc2ccc(Cl)cc2n1CCC)C(=O)c1ccc(F)c(Br)c1. The van der Waals surface area contributed by atoms with Gasteiger partial charge in [0.15, 0.2) is 0 Å². The zero-order chi connectivity index (χ0) is 21.0. The molecule has 0 radical (unpaired) electrons. The lowest BCUT2D eigenvalue weighted by Gasteiger charge is -2.23. The molecule has 0 aliphatic rings. The van der Waals surface area contributed by atoms with Crippen LogP contribution in [0.25, 0.3) is 11.0 Å². The first kappa shape index (κ1) is 21.8. The molecule has 0 spiro atoms. The van der Waals surface area contributed by atoms with Gasteiger partial charge in [-0.05, 0) is 65.2 Å². The van der Waals surface area contributed by atoms with E-state index in [1.807, 2.05) is 18.2 Å². The van der Waals surface area contributed by atoms with Crippen molar-refractivity contribution in [3.63, 3.8) is 0 Å². The monoisotopic (exact) mass is 479 g/mol. The van der Waals surface area contributed by atoms with Gasteiger partial charge in [0, 0.05) is 23.7 Å². The van der Waals surface area contributed by atoms with Gasteiger partial charge < -0.3 is 9.47 Å². The number of unbranched alkanes of at least 4 members (excludes halogenated alkanes) is 1. The number of carbonyl (C=O) groups is 1. The number of hydrogen-bond acceptors (Lipinski definition) is 2. The number of aryl methyl sites for hydroxylation is 1. The Labute approximate surface area is 183 Å². The van der Waals surface area contributed by atoms with Crippen molar-refractivity contribution < 1.29 is 9.18 Å². The second-order valence-electron chi connectivity index (χ2n) is 7.02. The highest BCUT2D eigenvalue weighted by Crippen LogP contribution is 2.23. The van der Waals surface area contributed by atoms with Crippen LogP contribution in [0.2, 0.25) is 5.02 Å². The highest BCUT2D eigenvalue weighted by atomic mass is 79.9. The van der Waals surface area contributed by atoms with E-state index in [-0.39, 0.29) is 16.2 Å². The number of fused-ring (bicyclic) bond motifs is 1. The van der Waals surface area contributed by atoms with E-state index in [1.165, 1.54) is 18.2 Å². The topological polar surface area (TPSA) is 38.1 Å². The van der Waals surface area contributed by atoms with E-state index in [0.29, 0.717) is 23.7 Å². The van der Waals surface area contributed by atoms with Gasteiger partial charge in [0.05, 0.1) is 22.1 Å². The van der Waals surface area contributed by atoms with E-state index in [4.69, 9.17) is 16.6 Å².